The van der Waals surface area contributed by atoms with Crippen molar-refractivity contribution in [3.63, 3.8) is 0 Å². The summed E-state index contributed by atoms with van der Waals surface area (Å²) in [7, 11) is -1.90. The zero-order valence-corrected chi connectivity index (χ0v) is 12.8. The van der Waals surface area contributed by atoms with Crippen molar-refractivity contribution >= 4 is 62.6 Å². The molecule has 0 aromatic rings. The van der Waals surface area contributed by atoms with Gasteiger partial charge in [0.15, 0.2) is 0 Å². The summed E-state index contributed by atoms with van der Waals surface area (Å²) in [6.07, 6.45) is -0.217. The van der Waals surface area contributed by atoms with E-state index < -0.39 is 7.54 Å². The first-order valence-corrected chi connectivity index (χ1v) is 6.67. The first kappa shape index (κ1) is 18.1. The molecule has 0 rings (SSSR count). The molecule has 8 heteroatoms. The minimum atomic E-state index is -3.67. The van der Waals surface area contributed by atoms with Gasteiger partial charge in [-0.05, 0) is 0 Å². The fraction of sp³-hybridized carbons (Fsp3) is 0.857. The first-order valence-electron chi connectivity index (χ1n) is 4.46. The van der Waals surface area contributed by atoms with Gasteiger partial charge in [0.25, 0.3) is 0 Å². The Hall–Kier alpha value is 0.761. The van der Waals surface area contributed by atoms with Crippen molar-refractivity contribution in [2.24, 2.45) is 0 Å². The van der Waals surface area contributed by atoms with E-state index in [-0.39, 0.29) is 11.7 Å². The molecule has 0 N–H and O–H groups in total. The summed E-state index contributed by atoms with van der Waals surface area (Å²) in [5, 5.41) is 0. The third-order valence-electron chi connectivity index (χ3n) is 1.18. The summed E-state index contributed by atoms with van der Waals surface area (Å²) >= 11 is 0.665. The second kappa shape index (κ2) is 8.86. The smallest absolute Gasteiger partial charge is 0.254 e. The fourth-order valence-electron chi connectivity index (χ4n) is 0.469. The van der Waals surface area contributed by atoms with E-state index in [1.807, 2.05) is 20.8 Å². The molecule has 0 spiro atoms. The van der Waals surface area contributed by atoms with E-state index >= 15 is 0 Å². The Morgan fingerprint density at radius 1 is 1.40 bits per heavy atom. The van der Waals surface area contributed by atoms with Gasteiger partial charge in [-0.1, -0.05) is 0 Å². The molecule has 0 heterocycles. The number of hydrogen-bond acceptors (Lipinski definition) is 2. The predicted octanol–water partition coefficient (Wildman–Crippen LogP) is 1.86. The molecule has 0 atom stereocenters. The van der Waals surface area contributed by atoms with Crippen LogP contribution in [0.4, 0.5) is 17.7 Å². The molecule has 0 aliphatic heterocycles. The normalized spacial score (nSPS) is 9.93. The summed E-state index contributed by atoms with van der Waals surface area (Å²) in [6, 6.07) is 0. The van der Waals surface area contributed by atoms with Crippen molar-refractivity contribution in [1.29, 1.82) is 0 Å². The van der Waals surface area contributed by atoms with Gasteiger partial charge in [0.05, 0.1) is 0 Å². The maximum atomic E-state index is 11.1. The van der Waals surface area contributed by atoms with Crippen molar-refractivity contribution in [3.05, 3.63) is 0 Å². The van der Waals surface area contributed by atoms with Crippen LogP contribution in [0.5, 0.6) is 0 Å². The Balaban J connectivity index is 0. The van der Waals surface area contributed by atoms with Crippen LogP contribution >= 0.6 is 0 Å². The summed E-state index contributed by atoms with van der Waals surface area (Å²) in [5.74, 6) is 0. The summed E-state index contributed by atoms with van der Waals surface area (Å²) in [4.78, 5) is 12.7. The number of halogens is 3. The Bertz CT molecular complexity index is 187. The minimum Gasteiger partial charge on any atom is -0.254 e. The Morgan fingerprint density at radius 2 is 1.73 bits per heavy atom. The second-order valence-electron chi connectivity index (χ2n) is 3.74. The SMILES string of the molecule is CN([CH2][K])C(=O)OC(C)(C)C.FB(F)F. The predicted molar refractivity (Wildman–Crippen MR) is 53.7 cm³/mol. The number of carbonyl (C=O) groups excluding carboxylic acids is 1. The number of nitrogens with zero attached hydrogens (tertiary/aromatic N) is 1. The number of carbonyl (C=O) groups is 1. The third-order valence-corrected chi connectivity index (χ3v) is 2.66. The number of ether oxygens (including phenoxy) is 1. The van der Waals surface area contributed by atoms with Gasteiger partial charge in [-0.2, -0.15) is 0 Å². The fourth-order valence-corrected chi connectivity index (χ4v) is 0.872. The van der Waals surface area contributed by atoms with Crippen LogP contribution in [0.2, 0.25) is 0 Å². The Labute approximate surface area is 123 Å². The molecule has 0 saturated carbocycles. The summed E-state index contributed by atoms with van der Waals surface area (Å²) in [6.45, 7) is 5.61. The van der Waals surface area contributed by atoms with Crippen LogP contribution < -0.4 is 0 Å². The maximum absolute atomic E-state index is 11.1. The van der Waals surface area contributed by atoms with E-state index in [0.717, 1.165) is 0.639 Å². The van der Waals surface area contributed by atoms with E-state index in [4.69, 9.17) is 4.74 Å². The van der Waals surface area contributed by atoms with Crippen molar-refractivity contribution in [3.8, 4) is 0 Å². The molecule has 0 aromatic carbocycles. The van der Waals surface area contributed by atoms with Crippen LogP contribution in [0.1, 0.15) is 20.8 Å². The van der Waals surface area contributed by atoms with Crippen LogP contribution in [0.3, 0.4) is 0 Å². The van der Waals surface area contributed by atoms with Gasteiger partial charge in [0.2, 0.25) is 0 Å². The van der Waals surface area contributed by atoms with E-state index in [0.29, 0.717) is 49.0 Å². The molecule has 0 radical (unpaired) electrons. The van der Waals surface area contributed by atoms with Gasteiger partial charge in [-0.3, -0.25) is 12.9 Å². The van der Waals surface area contributed by atoms with Crippen LogP contribution in [-0.4, -0.2) is 80.8 Å². The van der Waals surface area contributed by atoms with E-state index in [1.54, 1.807) is 11.9 Å². The van der Waals surface area contributed by atoms with Gasteiger partial charge in [-0.25, -0.2) is 0 Å². The van der Waals surface area contributed by atoms with E-state index in [9.17, 15) is 17.7 Å². The standard InChI is InChI=1S/C7H14NO2.BF3.K/c1-7(2,3)10-6(9)8(4)5;2-1(3)4;/h4H2,1-3,5H3;;. The molecular formula is C7H14BF3KNO2. The van der Waals surface area contributed by atoms with Crippen LogP contribution in [0, 0.1) is 0 Å². The molecule has 3 nitrogen and oxygen atoms in total. The molecule has 0 saturated heterocycles. The van der Waals surface area contributed by atoms with Crippen LogP contribution in [0.25, 0.3) is 0 Å². The quantitative estimate of drug-likeness (QED) is 0.666. The summed E-state index contributed by atoms with van der Waals surface area (Å²) < 4.78 is 35.0. The maximum Gasteiger partial charge on any atom is 0.762 e. The van der Waals surface area contributed by atoms with Gasteiger partial charge in [0, 0.05) is 0 Å². The van der Waals surface area contributed by atoms with Gasteiger partial charge in [-0.15, -0.1) is 0 Å². The minimum absolute atomic E-state index is 0.217. The Morgan fingerprint density at radius 3 is 1.93 bits per heavy atom. The molecule has 0 fully saturated rings. The Kier molecular flexibility index (Phi) is 10.7. The molecule has 84 valence electrons. The van der Waals surface area contributed by atoms with Crippen molar-refractivity contribution in [1.82, 2.24) is 4.90 Å². The van der Waals surface area contributed by atoms with E-state index in [2.05, 4.69) is 0 Å². The molecule has 0 bridgehead atoms. The van der Waals surface area contributed by atoms with Crippen LogP contribution in [0.15, 0.2) is 0 Å². The average Bonchev–Trinajstić information content (AvgIpc) is 1.98. The van der Waals surface area contributed by atoms with Crippen LogP contribution in [-0.2, 0) is 4.74 Å². The first-order chi connectivity index (χ1) is 6.60. The van der Waals surface area contributed by atoms with Crippen molar-refractivity contribution < 1.29 is 22.5 Å². The summed E-state index contributed by atoms with van der Waals surface area (Å²) in [5.41, 5.74) is -0.368. The zero-order chi connectivity index (χ0) is 12.6. The number of amides is 1. The van der Waals surface area contributed by atoms with Crippen molar-refractivity contribution in [2.75, 3.05) is 7.69 Å². The molecule has 0 aliphatic rings. The second-order valence-corrected chi connectivity index (χ2v) is 4.73. The number of hydrogen-bond donors (Lipinski definition) is 0. The number of rotatable bonds is 1. The van der Waals surface area contributed by atoms with Gasteiger partial charge < -0.3 is 0 Å². The molecule has 15 heavy (non-hydrogen) atoms. The third kappa shape index (κ3) is 17.4. The van der Waals surface area contributed by atoms with Crippen molar-refractivity contribution in [2.45, 2.75) is 26.4 Å². The topological polar surface area (TPSA) is 29.5 Å². The monoisotopic (exact) mass is 251 g/mol. The molecule has 0 aliphatic carbocycles. The zero-order valence-electron chi connectivity index (χ0n) is 9.68. The van der Waals surface area contributed by atoms with Gasteiger partial charge in [0.1, 0.15) is 0 Å². The largest absolute Gasteiger partial charge is 0.762 e. The average molecular weight is 251 g/mol. The van der Waals surface area contributed by atoms with Gasteiger partial charge >= 0.3 is 111 Å². The molecule has 1 amide bonds. The van der Waals surface area contributed by atoms with E-state index in [1.165, 1.54) is 0 Å². The molecular weight excluding hydrogens is 237 g/mol. The molecule has 0 aromatic heterocycles. The molecule has 0 unspecified atom stereocenters.